The van der Waals surface area contributed by atoms with Crippen LogP contribution in [-0.4, -0.2) is 31.9 Å². The Morgan fingerprint density at radius 2 is 2.18 bits per heavy atom. The summed E-state index contributed by atoms with van der Waals surface area (Å²) in [5.74, 6) is -0.544. The second kappa shape index (κ2) is 4.36. The Morgan fingerprint density at radius 1 is 1.47 bits per heavy atom. The lowest BCUT2D eigenvalue weighted by Crippen LogP contribution is -2.32. The van der Waals surface area contributed by atoms with Crippen LogP contribution >= 0.6 is 0 Å². The van der Waals surface area contributed by atoms with Gasteiger partial charge in [-0.15, -0.1) is 0 Å². The van der Waals surface area contributed by atoms with Gasteiger partial charge in [-0.1, -0.05) is 6.07 Å². The van der Waals surface area contributed by atoms with Gasteiger partial charge < -0.3 is 5.73 Å². The summed E-state index contributed by atoms with van der Waals surface area (Å²) in [6.45, 7) is 2.36. The van der Waals surface area contributed by atoms with Crippen molar-refractivity contribution in [1.82, 2.24) is 4.31 Å². The number of benzene rings is 1. The lowest BCUT2D eigenvalue weighted by molar-refractivity contribution is 0.471. The van der Waals surface area contributed by atoms with E-state index in [2.05, 4.69) is 0 Å². The van der Waals surface area contributed by atoms with Crippen molar-refractivity contribution in [3.63, 3.8) is 0 Å². The van der Waals surface area contributed by atoms with Crippen molar-refractivity contribution in [2.45, 2.75) is 24.3 Å². The molecule has 0 spiro atoms. The predicted octanol–water partition coefficient (Wildman–Crippen LogP) is 0.856. The van der Waals surface area contributed by atoms with E-state index in [1.807, 2.05) is 0 Å². The lowest BCUT2D eigenvalue weighted by Gasteiger charge is -2.17. The molecule has 4 nitrogen and oxygen atoms in total. The summed E-state index contributed by atoms with van der Waals surface area (Å²) >= 11 is 0. The summed E-state index contributed by atoms with van der Waals surface area (Å²) in [5, 5.41) is 0. The molecule has 1 aliphatic heterocycles. The fraction of sp³-hybridized carbons (Fsp3) is 0.455. The number of nitrogens with zero attached hydrogens (tertiary/aromatic N) is 1. The number of nitrogens with two attached hydrogens (primary N) is 1. The SMILES string of the molecule is Cc1ccc(F)cc1S(=O)(=O)N1CCC(N)C1. The van der Waals surface area contributed by atoms with Crippen LogP contribution in [0.25, 0.3) is 0 Å². The number of hydrogen-bond acceptors (Lipinski definition) is 3. The van der Waals surface area contributed by atoms with Gasteiger partial charge in [-0.2, -0.15) is 4.31 Å². The normalized spacial score (nSPS) is 21.9. The second-order valence-corrected chi connectivity index (χ2v) is 6.23. The highest BCUT2D eigenvalue weighted by atomic mass is 32.2. The monoisotopic (exact) mass is 258 g/mol. The minimum absolute atomic E-state index is 0.0339. The molecule has 1 aliphatic rings. The van der Waals surface area contributed by atoms with Crippen LogP contribution < -0.4 is 5.73 Å². The average molecular weight is 258 g/mol. The van der Waals surface area contributed by atoms with Gasteiger partial charge in [-0.25, -0.2) is 12.8 Å². The maximum Gasteiger partial charge on any atom is 0.243 e. The van der Waals surface area contributed by atoms with Crippen LogP contribution in [0.3, 0.4) is 0 Å². The standard InChI is InChI=1S/C11H15FN2O2S/c1-8-2-3-9(12)6-11(8)17(15,16)14-5-4-10(13)7-14/h2-3,6,10H,4-5,7,13H2,1H3. The summed E-state index contributed by atoms with van der Waals surface area (Å²) < 4.78 is 39.0. The van der Waals surface area contributed by atoms with Gasteiger partial charge in [0.25, 0.3) is 0 Å². The largest absolute Gasteiger partial charge is 0.326 e. The summed E-state index contributed by atoms with van der Waals surface area (Å²) in [7, 11) is -3.61. The summed E-state index contributed by atoms with van der Waals surface area (Å²) in [6, 6.07) is 3.66. The molecular weight excluding hydrogens is 243 g/mol. The van der Waals surface area contributed by atoms with E-state index in [0.29, 0.717) is 25.1 Å². The minimum atomic E-state index is -3.61. The smallest absolute Gasteiger partial charge is 0.243 e. The van der Waals surface area contributed by atoms with E-state index in [-0.39, 0.29) is 10.9 Å². The average Bonchev–Trinajstić information content (AvgIpc) is 2.69. The van der Waals surface area contributed by atoms with Gasteiger partial charge in [-0.3, -0.25) is 0 Å². The third-order valence-corrected chi connectivity index (χ3v) is 4.96. The van der Waals surface area contributed by atoms with Crippen LogP contribution in [0.15, 0.2) is 23.1 Å². The maximum absolute atomic E-state index is 13.1. The topological polar surface area (TPSA) is 63.4 Å². The lowest BCUT2D eigenvalue weighted by atomic mass is 10.2. The van der Waals surface area contributed by atoms with Gasteiger partial charge in [-0.05, 0) is 31.0 Å². The first-order chi connectivity index (χ1) is 7.91. The molecular formula is C11H15FN2O2S. The molecule has 1 aromatic rings. The van der Waals surface area contributed by atoms with Crippen LogP contribution in [0.1, 0.15) is 12.0 Å². The summed E-state index contributed by atoms with van der Waals surface area (Å²) in [6.07, 6.45) is 0.646. The molecule has 0 saturated carbocycles. The first-order valence-corrected chi connectivity index (χ1v) is 6.87. The first-order valence-electron chi connectivity index (χ1n) is 5.43. The maximum atomic E-state index is 13.1. The molecule has 1 heterocycles. The zero-order chi connectivity index (χ0) is 12.6. The number of halogens is 1. The molecule has 0 radical (unpaired) electrons. The van der Waals surface area contributed by atoms with Crippen molar-refractivity contribution in [2.75, 3.05) is 13.1 Å². The van der Waals surface area contributed by atoms with Crippen LogP contribution in [0.2, 0.25) is 0 Å². The number of aryl methyl sites for hydroxylation is 1. The van der Waals surface area contributed by atoms with Crippen molar-refractivity contribution in [3.05, 3.63) is 29.6 Å². The first kappa shape index (κ1) is 12.5. The zero-order valence-corrected chi connectivity index (χ0v) is 10.4. The molecule has 2 N–H and O–H groups in total. The molecule has 0 aliphatic carbocycles. The Balaban J connectivity index is 2.41. The molecule has 1 fully saturated rings. The van der Waals surface area contributed by atoms with Crippen LogP contribution in [0.4, 0.5) is 4.39 Å². The van der Waals surface area contributed by atoms with Gasteiger partial charge in [0.05, 0.1) is 4.90 Å². The van der Waals surface area contributed by atoms with E-state index < -0.39 is 15.8 Å². The fourth-order valence-corrected chi connectivity index (χ4v) is 3.71. The van der Waals surface area contributed by atoms with Gasteiger partial charge in [0.2, 0.25) is 10.0 Å². The Kier molecular flexibility index (Phi) is 3.20. The van der Waals surface area contributed by atoms with Crippen molar-refractivity contribution < 1.29 is 12.8 Å². The number of sulfonamides is 1. The molecule has 1 saturated heterocycles. The minimum Gasteiger partial charge on any atom is -0.326 e. The van der Waals surface area contributed by atoms with Gasteiger partial charge in [0, 0.05) is 19.1 Å². The van der Waals surface area contributed by atoms with Crippen molar-refractivity contribution in [1.29, 1.82) is 0 Å². The van der Waals surface area contributed by atoms with Crippen LogP contribution in [-0.2, 0) is 10.0 Å². The molecule has 1 unspecified atom stereocenters. The molecule has 2 rings (SSSR count). The van der Waals surface area contributed by atoms with Crippen molar-refractivity contribution in [2.24, 2.45) is 5.73 Å². The molecule has 1 atom stereocenters. The summed E-state index contributed by atoms with van der Waals surface area (Å²) in [4.78, 5) is 0.0339. The van der Waals surface area contributed by atoms with Gasteiger partial charge >= 0.3 is 0 Å². The Hall–Kier alpha value is -0.980. The van der Waals surface area contributed by atoms with Crippen molar-refractivity contribution >= 4 is 10.0 Å². The van der Waals surface area contributed by atoms with E-state index in [4.69, 9.17) is 5.73 Å². The third kappa shape index (κ3) is 2.34. The van der Waals surface area contributed by atoms with Crippen molar-refractivity contribution in [3.8, 4) is 0 Å². The Morgan fingerprint density at radius 3 is 2.76 bits per heavy atom. The molecule has 0 amide bonds. The molecule has 1 aromatic carbocycles. The van der Waals surface area contributed by atoms with Crippen LogP contribution in [0, 0.1) is 12.7 Å². The molecule has 6 heteroatoms. The quantitative estimate of drug-likeness (QED) is 0.855. The zero-order valence-electron chi connectivity index (χ0n) is 9.56. The molecule has 94 valence electrons. The predicted molar refractivity (Wildman–Crippen MR) is 62.5 cm³/mol. The molecule has 17 heavy (non-hydrogen) atoms. The highest BCUT2D eigenvalue weighted by Crippen LogP contribution is 2.23. The van der Waals surface area contributed by atoms with Crippen LogP contribution in [0.5, 0.6) is 0 Å². The van der Waals surface area contributed by atoms with E-state index >= 15 is 0 Å². The molecule has 0 aromatic heterocycles. The Bertz CT molecular complexity index is 530. The fourth-order valence-electron chi connectivity index (χ4n) is 1.96. The highest BCUT2D eigenvalue weighted by Gasteiger charge is 2.31. The van der Waals surface area contributed by atoms with Gasteiger partial charge in [0.1, 0.15) is 5.82 Å². The summed E-state index contributed by atoms with van der Waals surface area (Å²) in [5.41, 5.74) is 6.24. The number of rotatable bonds is 2. The molecule has 0 bridgehead atoms. The van der Waals surface area contributed by atoms with E-state index in [1.54, 1.807) is 6.92 Å². The third-order valence-electron chi connectivity index (χ3n) is 2.96. The van der Waals surface area contributed by atoms with Gasteiger partial charge in [0.15, 0.2) is 0 Å². The second-order valence-electron chi connectivity index (χ2n) is 4.32. The van der Waals surface area contributed by atoms with E-state index in [0.717, 1.165) is 6.07 Å². The number of hydrogen-bond donors (Lipinski definition) is 1. The van der Waals surface area contributed by atoms with E-state index in [1.165, 1.54) is 16.4 Å². The highest BCUT2D eigenvalue weighted by molar-refractivity contribution is 7.89. The van der Waals surface area contributed by atoms with E-state index in [9.17, 15) is 12.8 Å². The Labute approximate surface area is 100 Å².